The van der Waals surface area contributed by atoms with E-state index in [0.717, 1.165) is 28.2 Å². The van der Waals surface area contributed by atoms with Crippen molar-refractivity contribution >= 4 is 40.6 Å². The van der Waals surface area contributed by atoms with Gasteiger partial charge in [0.1, 0.15) is 11.5 Å². The van der Waals surface area contributed by atoms with Crippen molar-refractivity contribution in [3.8, 4) is 22.4 Å². The van der Waals surface area contributed by atoms with Crippen molar-refractivity contribution in [2.45, 2.75) is 19.4 Å². The van der Waals surface area contributed by atoms with Gasteiger partial charge < -0.3 is 10.0 Å². The van der Waals surface area contributed by atoms with Crippen LogP contribution < -0.4 is 10.2 Å². The lowest BCUT2D eigenvalue weighted by Gasteiger charge is -2.48. The van der Waals surface area contributed by atoms with Gasteiger partial charge in [0.15, 0.2) is 11.2 Å². The summed E-state index contributed by atoms with van der Waals surface area (Å²) in [6, 6.07) is 17.0. The Morgan fingerprint density at radius 1 is 1.15 bits per heavy atom. The Bertz CT molecular complexity index is 1390. The first-order valence-corrected chi connectivity index (χ1v) is 11.7. The highest BCUT2D eigenvalue weighted by molar-refractivity contribution is 6.33. The second kappa shape index (κ2) is 8.58. The smallest absolute Gasteiger partial charge is 0.327 e. The molecule has 2 N–H and O–H groups in total. The lowest BCUT2D eigenvalue weighted by molar-refractivity contribution is -0.146. The number of benzene rings is 2. The monoisotopic (exact) mass is 495 g/mol. The third kappa shape index (κ3) is 3.70. The number of carboxylic acids is 1. The Morgan fingerprint density at radius 3 is 2.50 bits per heavy atom. The fourth-order valence-corrected chi connectivity index (χ4v) is 4.85. The molecule has 1 fully saturated rings. The van der Waals surface area contributed by atoms with Gasteiger partial charge in [-0.3, -0.25) is 10.1 Å². The van der Waals surface area contributed by atoms with Gasteiger partial charge in [-0.15, -0.1) is 0 Å². The Kier molecular flexibility index (Phi) is 5.72. The van der Waals surface area contributed by atoms with Crippen molar-refractivity contribution in [3.05, 3.63) is 70.3 Å². The van der Waals surface area contributed by atoms with Gasteiger partial charge in [-0.05, 0) is 37.2 Å². The van der Waals surface area contributed by atoms with Crippen molar-refractivity contribution in [1.82, 2.24) is 19.9 Å². The van der Waals surface area contributed by atoms with Crippen LogP contribution in [0.2, 0.25) is 10.0 Å². The second-order valence-corrected chi connectivity index (χ2v) is 9.32. The van der Waals surface area contributed by atoms with E-state index < -0.39 is 11.5 Å². The van der Waals surface area contributed by atoms with E-state index in [4.69, 9.17) is 33.3 Å². The molecule has 1 aliphatic heterocycles. The Hall–Kier alpha value is -3.13. The number of nitrogens with one attached hydrogen (secondary N) is 1. The summed E-state index contributed by atoms with van der Waals surface area (Å²) < 4.78 is 1.79. The van der Waals surface area contributed by atoms with Crippen LogP contribution in [0.4, 0.5) is 5.82 Å². The molecule has 34 heavy (non-hydrogen) atoms. The van der Waals surface area contributed by atoms with Crippen LogP contribution in [0.5, 0.6) is 0 Å². The lowest BCUT2D eigenvalue weighted by atomic mass is 9.89. The number of anilines is 1. The minimum absolute atomic E-state index is 0.326. The summed E-state index contributed by atoms with van der Waals surface area (Å²) in [5.41, 5.74) is 3.74. The third-order valence-corrected chi connectivity index (χ3v) is 6.71. The fourth-order valence-electron chi connectivity index (χ4n) is 4.50. The van der Waals surface area contributed by atoms with Crippen LogP contribution in [0.25, 0.3) is 28.0 Å². The van der Waals surface area contributed by atoms with Gasteiger partial charge in [-0.25, -0.2) is 4.98 Å². The maximum atomic E-state index is 11.9. The number of aryl methyl sites for hydroxylation is 1. The van der Waals surface area contributed by atoms with Gasteiger partial charge in [0.2, 0.25) is 0 Å². The maximum absolute atomic E-state index is 11.9. The molecular formula is C25H23Cl2N5O2. The van der Waals surface area contributed by atoms with Crippen LogP contribution in [0.15, 0.2) is 54.6 Å². The molecule has 5 rings (SSSR count). The number of aliphatic carboxylic acids is 1. The summed E-state index contributed by atoms with van der Waals surface area (Å²) in [6.45, 7) is 5.05. The highest BCUT2D eigenvalue weighted by atomic mass is 35.5. The zero-order valence-corrected chi connectivity index (χ0v) is 20.2. The molecular weight excluding hydrogens is 473 g/mol. The van der Waals surface area contributed by atoms with Gasteiger partial charge >= 0.3 is 5.97 Å². The number of hydrogen-bond acceptors (Lipinski definition) is 5. The van der Waals surface area contributed by atoms with E-state index in [9.17, 15) is 9.90 Å². The summed E-state index contributed by atoms with van der Waals surface area (Å²) in [5, 5.41) is 19.1. The minimum atomic E-state index is -0.976. The van der Waals surface area contributed by atoms with Crippen LogP contribution in [-0.4, -0.2) is 50.8 Å². The standard InChI is InChI=1S/C25H23Cl2N5O2/c1-3-28-25(24(33)34)13-31(14-25)20-12-15(2)29-23-21(16-8-10-17(26)11-9-16)22(30-32(20)23)18-6-4-5-7-19(18)27/h4-12,28H,3,13-14H2,1-2H3,(H,33,34). The minimum Gasteiger partial charge on any atom is -0.480 e. The summed E-state index contributed by atoms with van der Waals surface area (Å²) in [4.78, 5) is 18.8. The van der Waals surface area contributed by atoms with E-state index in [1.54, 1.807) is 4.52 Å². The number of nitrogens with zero attached hydrogens (tertiary/aromatic N) is 4. The summed E-state index contributed by atoms with van der Waals surface area (Å²) >= 11 is 12.7. The largest absolute Gasteiger partial charge is 0.480 e. The molecule has 1 saturated heterocycles. The van der Waals surface area contributed by atoms with Crippen LogP contribution in [0.3, 0.4) is 0 Å². The van der Waals surface area contributed by atoms with E-state index in [1.807, 2.05) is 73.3 Å². The van der Waals surface area contributed by atoms with E-state index in [1.165, 1.54) is 0 Å². The summed E-state index contributed by atoms with van der Waals surface area (Å²) in [7, 11) is 0. The van der Waals surface area contributed by atoms with Crippen LogP contribution in [-0.2, 0) is 4.79 Å². The topological polar surface area (TPSA) is 82.8 Å². The van der Waals surface area contributed by atoms with Gasteiger partial charge in [-0.1, -0.05) is 60.5 Å². The van der Waals surface area contributed by atoms with Crippen molar-refractivity contribution in [3.63, 3.8) is 0 Å². The van der Waals surface area contributed by atoms with Crippen molar-refractivity contribution in [2.75, 3.05) is 24.5 Å². The number of aromatic nitrogens is 3. The molecule has 0 spiro atoms. The molecule has 2 aromatic heterocycles. The number of rotatable bonds is 6. The molecule has 174 valence electrons. The van der Waals surface area contributed by atoms with Crippen LogP contribution in [0.1, 0.15) is 12.6 Å². The predicted octanol–water partition coefficient (Wildman–Crippen LogP) is 4.93. The molecule has 0 unspecified atom stereocenters. The van der Waals surface area contributed by atoms with Crippen molar-refractivity contribution in [2.24, 2.45) is 0 Å². The Balaban J connectivity index is 1.72. The van der Waals surface area contributed by atoms with E-state index in [0.29, 0.717) is 41.0 Å². The molecule has 0 aliphatic carbocycles. The highest BCUT2D eigenvalue weighted by Gasteiger charge is 2.50. The average molecular weight is 496 g/mol. The molecule has 9 heteroatoms. The van der Waals surface area contributed by atoms with E-state index >= 15 is 0 Å². The molecule has 0 radical (unpaired) electrons. The molecule has 0 saturated carbocycles. The third-order valence-electron chi connectivity index (χ3n) is 6.13. The first-order valence-electron chi connectivity index (χ1n) is 11.0. The molecule has 2 aromatic carbocycles. The van der Waals surface area contributed by atoms with Gasteiger partial charge in [0.25, 0.3) is 0 Å². The molecule has 7 nitrogen and oxygen atoms in total. The van der Waals surface area contributed by atoms with Gasteiger partial charge in [-0.2, -0.15) is 9.61 Å². The first kappa shape index (κ1) is 22.7. The SMILES string of the molecule is CCNC1(C(=O)O)CN(c2cc(C)nc3c(-c4ccc(Cl)cc4)c(-c4ccccc4Cl)nn23)C1. The molecule has 0 amide bonds. The predicted molar refractivity (Wildman–Crippen MR) is 135 cm³/mol. The number of likely N-dealkylation sites (N-methyl/N-ethyl adjacent to an activating group) is 1. The van der Waals surface area contributed by atoms with Crippen molar-refractivity contribution in [1.29, 1.82) is 0 Å². The molecule has 3 heterocycles. The van der Waals surface area contributed by atoms with Crippen molar-refractivity contribution < 1.29 is 9.90 Å². The van der Waals surface area contributed by atoms with Crippen LogP contribution >= 0.6 is 23.2 Å². The number of halogens is 2. The molecule has 0 atom stereocenters. The van der Waals surface area contributed by atoms with E-state index in [2.05, 4.69) is 5.32 Å². The molecule has 1 aliphatic rings. The molecule has 0 bridgehead atoms. The average Bonchev–Trinajstić information content (AvgIpc) is 3.15. The summed E-state index contributed by atoms with van der Waals surface area (Å²) in [5.74, 6) is -0.0718. The lowest BCUT2D eigenvalue weighted by Crippen LogP contribution is -2.73. The van der Waals surface area contributed by atoms with Gasteiger partial charge in [0.05, 0.1) is 23.7 Å². The Morgan fingerprint density at radius 2 is 1.85 bits per heavy atom. The van der Waals surface area contributed by atoms with E-state index in [-0.39, 0.29) is 0 Å². The fraction of sp³-hybridized carbons (Fsp3) is 0.240. The maximum Gasteiger partial charge on any atom is 0.327 e. The van der Waals surface area contributed by atoms with Crippen LogP contribution in [0, 0.1) is 6.92 Å². The first-order chi connectivity index (χ1) is 16.3. The highest BCUT2D eigenvalue weighted by Crippen LogP contribution is 2.40. The molecule has 4 aromatic rings. The quantitative estimate of drug-likeness (QED) is 0.394. The number of carboxylic acid groups (broad SMARTS) is 1. The zero-order valence-electron chi connectivity index (χ0n) is 18.7. The normalized spacial score (nSPS) is 14.9. The summed E-state index contributed by atoms with van der Waals surface area (Å²) in [6.07, 6.45) is 0. The second-order valence-electron chi connectivity index (χ2n) is 8.48. The van der Waals surface area contributed by atoms with Gasteiger partial charge in [0, 0.05) is 22.3 Å². The number of hydrogen-bond donors (Lipinski definition) is 2. The Labute approximate surface area is 206 Å². The number of carbonyl (C=O) groups is 1. The zero-order chi connectivity index (χ0) is 24.0. The number of fused-ring (bicyclic) bond motifs is 1.